The van der Waals surface area contributed by atoms with E-state index < -0.39 is 5.97 Å². The minimum atomic E-state index is -0.778. The molecule has 1 saturated heterocycles. The molecule has 0 aromatic rings. The lowest BCUT2D eigenvalue weighted by Gasteiger charge is -2.36. The number of nitrogens with zero attached hydrogens (tertiary/aromatic N) is 3. The second-order valence-electron chi connectivity index (χ2n) is 7.59. The third-order valence-electron chi connectivity index (χ3n) is 5.61. The first kappa shape index (κ1) is 19.2. The van der Waals surface area contributed by atoms with Gasteiger partial charge in [-0.15, -0.1) is 0 Å². The number of rotatable bonds is 7. The first-order chi connectivity index (χ1) is 11.5. The topological polar surface area (TPSA) is 64.1 Å². The number of carbonyl (C=O) groups excluding carboxylic acids is 1. The zero-order valence-electron chi connectivity index (χ0n) is 15.2. The molecule has 1 aliphatic heterocycles. The fourth-order valence-electron chi connectivity index (χ4n) is 4.03. The van der Waals surface area contributed by atoms with Gasteiger partial charge in [0, 0.05) is 32.7 Å². The van der Waals surface area contributed by atoms with Gasteiger partial charge in [-0.05, 0) is 38.6 Å². The molecule has 138 valence electrons. The summed E-state index contributed by atoms with van der Waals surface area (Å²) < 4.78 is 0. The smallest absolute Gasteiger partial charge is 0.317 e. The number of carboxylic acid groups (broad SMARTS) is 1. The lowest BCUT2D eigenvalue weighted by Crippen LogP contribution is -2.48. The zero-order valence-corrected chi connectivity index (χ0v) is 15.2. The molecule has 0 bridgehead atoms. The van der Waals surface area contributed by atoms with E-state index in [9.17, 15) is 9.59 Å². The fourth-order valence-corrected chi connectivity index (χ4v) is 4.03. The van der Waals surface area contributed by atoms with Crippen molar-refractivity contribution in [2.45, 2.75) is 51.0 Å². The summed E-state index contributed by atoms with van der Waals surface area (Å²) in [6.45, 7) is 3.23. The van der Waals surface area contributed by atoms with Crippen molar-refractivity contribution in [1.82, 2.24) is 14.7 Å². The standard InChI is InChI=1S/C18H33N3O3/c1-19(14-18(23)24)16-8-10-21(11-9-16)13-17(22)20(2)12-15-6-4-3-5-7-15/h15-16H,3-14H2,1-2H3,(H,23,24). The molecule has 0 unspecified atom stereocenters. The first-order valence-electron chi connectivity index (χ1n) is 9.34. The Kier molecular flexibility index (Phi) is 7.49. The average Bonchev–Trinajstić information content (AvgIpc) is 2.55. The van der Waals surface area contributed by atoms with Crippen molar-refractivity contribution in [3.05, 3.63) is 0 Å². The van der Waals surface area contributed by atoms with Crippen molar-refractivity contribution in [1.29, 1.82) is 0 Å². The van der Waals surface area contributed by atoms with Gasteiger partial charge in [0.15, 0.2) is 0 Å². The van der Waals surface area contributed by atoms with E-state index in [1.165, 1.54) is 32.1 Å². The number of piperidine rings is 1. The van der Waals surface area contributed by atoms with Crippen LogP contribution in [0.4, 0.5) is 0 Å². The number of aliphatic carboxylic acids is 1. The van der Waals surface area contributed by atoms with E-state index in [-0.39, 0.29) is 12.5 Å². The zero-order chi connectivity index (χ0) is 17.5. The van der Waals surface area contributed by atoms with Gasteiger partial charge in [-0.3, -0.25) is 19.4 Å². The highest BCUT2D eigenvalue weighted by molar-refractivity contribution is 5.78. The number of hydrogen-bond donors (Lipinski definition) is 1. The monoisotopic (exact) mass is 339 g/mol. The number of amides is 1. The van der Waals surface area contributed by atoms with Gasteiger partial charge in [0.1, 0.15) is 0 Å². The molecule has 6 nitrogen and oxygen atoms in total. The Morgan fingerprint density at radius 2 is 1.67 bits per heavy atom. The molecule has 1 heterocycles. The summed E-state index contributed by atoms with van der Waals surface area (Å²) in [6.07, 6.45) is 8.36. The average molecular weight is 339 g/mol. The number of carboxylic acids is 1. The third-order valence-corrected chi connectivity index (χ3v) is 5.61. The highest BCUT2D eigenvalue weighted by Gasteiger charge is 2.26. The summed E-state index contributed by atoms with van der Waals surface area (Å²) in [5.74, 6) is 0.125. The van der Waals surface area contributed by atoms with Crippen LogP contribution < -0.4 is 0 Å². The van der Waals surface area contributed by atoms with Crippen LogP contribution in [-0.2, 0) is 9.59 Å². The molecule has 2 aliphatic rings. The lowest BCUT2D eigenvalue weighted by molar-refractivity contribution is -0.138. The quantitative estimate of drug-likeness (QED) is 0.762. The second kappa shape index (κ2) is 9.37. The van der Waals surface area contributed by atoms with Crippen LogP contribution in [0.2, 0.25) is 0 Å². The minimum absolute atomic E-state index is 0.0910. The van der Waals surface area contributed by atoms with Gasteiger partial charge in [-0.25, -0.2) is 0 Å². The minimum Gasteiger partial charge on any atom is -0.480 e. The maximum Gasteiger partial charge on any atom is 0.317 e. The molecule has 0 atom stereocenters. The molecule has 0 aromatic carbocycles. The van der Waals surface area contributed by atoms with Crippen molar-refractivity contribution in [2.75, 3.05) is 46.8 Å². The number of likely N-dealkylation sites (N-methyl/N-ethyl adjacent to an activating group) is 2. The largest absolute Gasteiger partial charge is 0.480 e. The molecular weight excluding hydrogens is 306 g/mol. The molecule has 1 saturated carbocycles. The predicted molar refractivity (Wildman–Crippen MR) is 93.9 cm³/mol. The molecule has 1 amide bonds. The van der Waals surface area contributed by atoms with Crippen LogP contribution in [0.1, 0.15) is 44.9 Å². The van der Waals surface area contributed by atoms with Crippen LogP contribution in [0.15, 0.2) is 0 Å². The highest BCUT2D eigenvalue weighted by atomic mass is 16.4. The normalized spacial score (nSPS) is 21.1. The molecule has 0 radical (unpaired) electrons. The van der Waals surface area contributed by atoms with Gasteiger partial charge in [0.05, 0.1) is 13.1 Å². The van der Waals surface area contributed by atoms with Gasteiger partial charge in [-0.2, -0.15) is 0 Å². The van der Waals surface area contributed by atoms with Crippen molar-refractivity contribution < 1.29 is 14.7 Å². The van der Waals surface area contributed by atoms with Gasteiger partial charge < -0.3 is 10.0 Å². The maximum atomic E-state index is 12.4. The Morgan fingerprint density at radius 3 is 2.25 bits per heavy atom. The molecule has 0 aromatic heterocycles. The van der Waals surface area contributed by atoms with E-state index in [1.807, 2.05) is 23.9 Å². The van der Waals surface area contributed by atoms with Crippen LogP contribution in [0.3, 0.4) is 0 Å². The molecule has 2 rings (SSSR count). The van der Waals surface area contributed by atoms with Crippen LogP contribution in [0.5, 0.6) is 0 Å². The van der Waals surface area contributed by atoms with E-state index in [4.69, 9.17) is 5.11 Å². The molecular formula is C18H33N3O3. The van der Waals surface area contributed by atoms with E-state index in [2.05, 4.69) is 4.90 Å². The highest BCUT2D eigenvalue weighted by Crippen LogP contribution is 2.24. The summed E-state index contributed by atoms with van der Waals surface area (Å²) in [5.41, 5.74) is 0. The van der Waals surface area contributed by atoms with Crippen molar-refractivity contribution in [3.63, 3.8) is 0 Å². The van der Waals surface area contributed by atoms with Crippen molar-refractivity contribution >= 4 is 11.9 Å². The molecule has 0 spiro atoms. The fraction of sp³-hybridized carbons (Fsp3) is 0.889. The summed E-state index contributed by atoms with van der Waals surface area (Å²) in [4.78, 5) is 29.3. The third kappa shape index (κ3) is 6.06. The van der Waals surface area contributed by atoms with E-state index in [0.717, 1.165) is 32.5 Å². The number of likely N-dealkylation sites (tertiary alicyclic amines) is 1. The Morgan fingerprint density at radius 1 is 1.04 bits per heavy atom. The summed E-state index contributed by atoms with van der Waals surface area (Å²) in [6, 6.07) is 0.312. The Bertz CT molecular complexity index is 416. The van der Waals surface area contributed by atoms with Crippen LogP contribution in [0.25, 0.3) is 0 Å². The maximum absolute atomic E-state index is 12.4. The molecule has 24 heavy (non-hydrogen) atoms. The van der Waals surface area contributed by atoms with Gasteiger partial charge in [-0.1, -0.05) is 19.3 Å². The Hall–Kier alpha value is -1.14. The Balaban J connectivity index is 1.68. The SMILES string of the molecule is CN(CC1CCCCC1)C(=O)CN1CCC(N(C)CC(=O)O)CC1. The number of hydrogen-bond acceptors (Lipinski definition) is 4. The molecule has 2 fully saturated rings. The van der Waals surface area contributed by atoms with E-state index >= 15 is 0 Å². The summed E-state index contributed by atoms with van der Waals surface area (Å²) in [5, 5.41) is 8.88. The first-order valence-corrected chi connectivity index (χ1v) is 9.34. The lowest BCUT2D eigenvalue weighted by atomic mass is 9.89. The second-order valence-corrected chi connectivity index (χ2v) is 7.59. The summed E-state index contributed by atoms with van der Waals surface area (Å²) in [7, 11) is 3.81. The predicted octanol–water partition coefficient (Wildman–Crippen LogP) is 1.51. The van der Waals surface area contributed by atoms with Crippen molar-refractivity contribution in [2.24, 2.45) is 5.92 Å². The van der Waals surface area contributed by atoms with E-state index in [0.29, 0.717) is 18.5 Å². The molecule has 1 aliphatic carbocycles. The van der Waals surface area contributed by atoms with Gasteiger partial charge >= 0.3 is 5.97 Å². The summed E-state index contributed by atoms with van der Waals surface area (Å²) >= 11 is 0. The molecule has 6 heteroatoms. The van der Waals surface area contributed by atoms with Crippen molar-refractivity contribution in [3.8, 4) is 0 Å². The van der Waals surface area contributed by atoms with Crippen LogP contribution in [0, 0.1) is 5.92 Å². The van der Waals surface area contributed by atoms with Crippen LogP contribution >= 0.6 is 0 Å². The van der Waals surface area contributed by atoms with Gasteiger partial charge in [0.2, 0.25) is 5.91 Å². The van der Waals surface area contributed by atoms with Crippen LogP contribution in [-0.4, -0.2) is 84.5 Å². The Labute approximate surface area is 145 Å². The van der Waals surface area contributed by atoms with Gasteiger partial charge in [0.25, 0.3) is 0 Å². The number of carbonyl (C=O) groups is 2. The van der Waals surface area contributed by atoms with E-state index in [1.54, 1.807) is 0 Å². The molecule has 1 N–H and O–H groups in total.